The molecule has 98 valence electrons. The van der Waals surface area contributed by atoms with Crippen LogP contribution in [0.3, 0.4) is 0 Å². The maximum absolute atomic E-state index is 11.6. The van der Waals surface area contributed by atoms with Crippen molar-refractivity contribution in [3.63, 3.8) is 0 Å². The average molecular weight is 267 g/mol. The van der Waals surface area contributed by atoms with E-state index in [2.05, 4.69) is 10.1 Å². The van der Waals surface area contributed by atoms with Crippen LogP contribution in [0.5, 0.6) is 0 Å². The number of benzene rings is 1. The van der Waals surface area contributed by atoms with E-state index in [1.807, 2.05) is 36.6 Å². The summed E-state index contributed by atoms with van der Waals surface area (Å²) in [5.74, 6) is -0.0432. The molecule has 1 aromatic carbocycles. The number of nitrogens with one attached hydrogen (secondary N) is 1. The summed E-state index contributed by atoms with van der Waals surface area (Å²) in [5, 5.41) is 2.84. The lowest BCUT2D eigenvalue weighted by Gasteiger charge is -2.17. The van der Waals surface area contributed by atoms with Crippen LogP contribution in [-0.4, -0.2) is 31.0 Å². The molecular weight excluding hydrogens is 250 g/mol. The summed E-state index contributed by atoms with van der Waals surface area (Å²) in [6.07, 6.45) is 2.00. The predicted molar refractivity (Wildman–Crippen MR) is 72.3 cm³/mol. The number of carbonyl (C=O) groups excluding carboxylic acids is 2. The highest BCUT2D eigenvalue weighted by Crippen LogP contribution is 2.17. The van der Waals surface area contributed by atoms with Crippen molar-refractivity contribution in [3.05, 3.63) is 35.9 Å². The second kappa shape index (κ2) is 7.76. The van der Waals surface area contributed by atoms with Crippen molar-refractivity contribution in [2.75, 3.05) is 19.1 Å². The minimum atomic E-state index is -0.340. The fourth-order valence-corrected chi connectivity index (χ4v) is 1.90. The molecule has 1 aromatic rings. The first-order valence-electron chi connectivity index (χ1n) is 5.57. The van der Waals surface area contributed by atoms with Gasteiger partial charge < -0.3 is 10.1 Å². The molecule has 0 spiro atoms. The Bertz CT molecular complexity index is 394. The quantitative estimate of drug-likeness (QED) is 0.798. The van der Waals surface area contributed by atoms with Gasteiger partial charge in [0.25, 0.3) is 0 Å². The Kier molecular flexibility index (Phi) is 6.28. The molecule has 0 saturated carbocycles. The minimum Gasteiger partial charge on any atom is -0.469 e. The Hall–Kier alpha value is -1.49. The molecule has 1 amide bonds. The van der Waals surface area contributed by atoms with Crippen LogP contribution in [0.25, 0.3) is 0 Å². The number of carbonyl (C=O) groups is 2. The normalized spacial score (nSPS) is 11.7. The standard InChI is InChI=1S/C13H17NO3S/c1-17-13(16)8-11(14-12(15)9-18-2)10-6-4-3-5-7-10/h3-7,11H,8-9H2,1-2H3,(H,14,15). The lowest BCUT2D eigenvalue weighted by Crippen LogP contribution is -2.31. The summed E-state index contributed by atoms with van der Waals surface area (Å²) in [5.41, 5.74) is 0.900. The summed E-state index contributed by atoms with van der Waals surface area (Å²) in [6.45, 7) is 0. The van der Waals surface area contributed by atoms with E-state index in [1.165, 1.54) is 18.9 Å². The van der Waals surface area contributed by atoms with Crippen molar-refractivity contribution in [1.29, 1.82) is 0 Å². The zero-order chi connectivity index (χ0) is 13.4. The Morgan fingerprint density at radius 2 is 2.00 bits per heavy atom. The van der Waals surface area contributed by atoms with Crippen LogP contribution >= 0.6 is 11.8 Å². The van der Waals surface area contributed by atoms with Crippen molar-refractivity contribution in [2.24, 2.45) is 0 Å². The number of amides is 1. The molecule has 0 radical (unpaired) electrons. The summed E-state index contributed by atoms with van der Waals surface area (Å²) < 4.78 is 4.65. The highest BCUT2D eigenvalue weighted by Gasteiger charge is 2.18. The van der Waals surface area contributed by atoms with Crippen LogP contribution in [-0.2, 0) is 14.3 Å². The van der Waals surface area contributed by atoms with Crippen LogP contribution in [0.2, 0.25) is 0 Å². The molecule has 0 bridgehead atoms. The van der Waals surface area contributed by atoms with Crippen LogP contribution < -0.4 is 5.32 Å². The molecule has 0 fully saturated rings. The number of esters is 1. The molecule has 0 aliphatic rings. The number of thioether (sulfide) groups is 1. The fourth-order valence-electron chi connectivity index (χ4n) is 1.55. The van der Waals surface area contributed by atoms with Crippen LogP contribution in [0.1, 0.15) is 18.0 Å². The molecule has 1 atom stereocenters. The van der Waals surface area contributed by atoms with E-state index in [1.54, 1.807) is 0 Å². The molecule has 18 heavy (non-hydrogen) atoms. The third-order valence-corrected chi connectivity index (χ3v) is 2.96. The molecule has 1 rings (SSSR count). The highest BCUT2D eigenvalue weighted by molar-refractivity contribution is 7.99. The van der Waals surface area contributed by atoms with Gasteiger partial charge in [-0.05, 0) is 11.8 Å². The van der Waals surface area contributed by atoms with Gasteiger partial charge >= 0.3 is 5.97 Å². The summed E-state index contributed by atoms with van der Waals surface area (Å²) in [6, 6.07) is 9.07. The fraction of sp³-hybridized carbons (Fsp3) is 0.385. The van der Waals surface area contributed by atoms with Gasteiger partial charge in [0, 0.05) is 0 Å². The summed E-state index contributed by atoms with van der Waals surface area (Å²) in [7, 11) is 1.34. The van der Waals surface area contributed by atoms with Gasteiger partial charge in [-0.1, -0.05) is 30.3 Å². The second-order valence-electron chi connectivity index (χ2n) is 3.74. The van der Waals surface area contributed by atoms with Crippen molar-refractivity contribution in [3.8, 4) is 0 Å². The molecule has 1 unspecified atom stereocenters. The highest BCUT2D eigenvalue weighted by atomic mass is 32.2. The van der Waals surface area contributed by atoms with Gasteiger partial charge in [0.2, 0.25) is 5.91 Å². The smallest absolute Gasteiger partial charge is 0.307 e. The van der Waals surface area contributed by atoms with E-state index in [-0.39, 0.29) is 24.3 Å². The largest absolute Gasteiger partial charge is 0.469 e. The zero-order valence-corrected chi connectivity index (χ0v) is 11.3. The lowest BCUT2D eigenvalue weighted by atomic mass is 10.0. The van der Waals surface area contributed by atoms with Crippen LogP contribution in [0, 0.1) is 0 Å². The maximum atomic E-state index is 11.6. The van der Waals surface area contributed by atoms with Crippen molar-refractivity contribution in [1.82, 2.24) is 5.32 Å². The van der Waals surface area contributed by atoms with E-state index >= 15 is 0 Å². The van der Waals surface area contributed by atoms with E-state index < -0.39 is 0 Å². The molecule has 0 heterocycles. The van der Waals surface area contributed by atoms with E-state index in [0.29, 0.717) is 5.75 Å². The molecule has 0 aromatic heterocycles. The van der Waals surface area contributed by atoms with Gasteiger partial charge in [0.1, 0.15) is 0 Å². The van der Waals surface area contributed by atoms with Crippen molar-refractivity contribution < 1.29 is 14.3 Å². The molecular formula is C13H17NO3S. The molecule has 0 aliphatic heterocycles. The first-order chi connectivity index (χ1) is 8.67. The third-order valence-electron chi connectivity index (χ3n) is 2.41. The van der Waals surface area contributed by atoms with E-state index in [4.69, 9.17) is 0 Å². The monoisotopic (exact) mass is 267 g/mol. The van der Waals surface area contributed by atoms with Gasteiger partial charge in [0.15, 0.2) is 0 Å². The van der Waals surface area contributed by atoms with Crippen LogP contribution in [0.4, 0.5) is 0 Å². The maximum Gasteiger partial charge on any atom is 0.307 e. The molecule has 1 N–H and O–H groups in total. The number of ether oxygens (including phenoxy) is 1. The number of methoxy groups -OCH3 is 1. The summed E-state index contributed by atoms with van der Waals surface area (Å²) in [4.78, 5) is 23.0. The second-order valence-corrected chi connectivity index (χ2v) is 4.61. The van der Waals surface area contributed by atoms with Gasteiger partial charge in [-0.3, -0.25) is 9.59 Å². The number of hydrogen-bond acceptors (Lipinski definition) is 4. The lowest BCUT2D eigenvalue weighted by molar-refractivity contribution is -0.141. The zero-order valence-electron chi connectivity index (χ0n) is 10.5. The molecule has 5 heteroatoms. The Morgan fingerprint density at radius 1 is 1.33 bits per heavy atom. The predicted octanol–water partition coefficient (Wildman–Crippen LogP) is 1.77. The van der Waals surface area contributed by atoms with E-state index in [0.717, 1.165) is 5.56 Å². The topological polar surface area (TPSA) is 55.4 Å². The van der Waals surface area contributed by atoms with Gasteiger partial charge in [-0.15, -0.1) is 0 Å². The average Bonchev–Trinajstić information content (AvgIpc) is 2.39. The Labute approximate surface area is 111 Å². The SMILES string of the molecule is COC(=O)CC(NC(=O)CSC)c1ccccc1. The Morgan fingerprint density at radius 3 is 2.56 bits per heavy atom. The first-order valence-corrected chi connectivity index (χ1v) is 6.96. The minimum absolute atomic E-state index is 0.0831. The first kappa shape index (κ1) is 14.6. The Balaban J connectivity index is 2.75. The summed E-state index contributed by atoms with van der Waals surface area (Å²) >= 11 is 1.44. The van der Waals surface area contributed by atoms with Gasteiger partial charge in [-0.25, -0.2) is 0 Å². The van der Waals surface area contributed by atoms with Crippen molar-refractivity contribution in [2.45, 2.75) is 12.5 Å². The van der Waals surface area contributed by atoms with Crippen LogP contribution in [0.15, 0.2) is 30.3 Å². The number of hydrogen-bond donors (Lipinski definition) is 1. The van der Waals surface area contributed by atoms with Gasteiger partial charge in [-0.2, -0.15) is 11.8 Å². The third kappa shape index (κ3) is 4.79. The molecule has 0 aliphatic carbocycles. The van der Waals surface area contributed by atoms with Crippen molar-refractivity contribution >= 4 is 23.6 Å². The molecule has 0 saturated heterocycles. The molecule has 4 nitrogen and oxygen atoms in total. The number of rotatable bonds is 6. The van der Waals surface area contributed by atoms with Gasteiger partial charge in [0.05, 0.1) is 25.3 Å². The van der Waals surface area contributed by atoms with E-state index in [9.17, 15) is 9.59 Å².